The van der Waals surface area contributed by atoms with E-state index in [4.69, 9.17) is 5.11 Å². The molecule has 8 nitrogen and oxygen atoms in total. The molecule has 2 aromatic carbocycles. The van der Waals surface area contributed by atoms with Crippen molar-refractivity contribution in [1.29, 1.82) is 0 Å². The maximum Gasteiger partial charge on any atom is 0.413 e. The van der Waals surface area contributed by atoms with Gasteiger partial charge in [-0.2, -0.15) is 0 Å². The molecule has 126 valence electrons. The summed E-state index contributed by atoms with van der Waals surface area (Å²) in [6.07, 6.45) is -1.14. The SMILES string of the molecule is CN(C(=O)O)c1nc2ccc(C3(O)NC(=O)c4ccccc43)cc2[nH]1. The topological polar surface area (TPSA) is 119 Å². The van der Waals surface area contributed by atoms with E-state index in [2.05, 4.69) is 15.3 Å². The van der Waals surface area contributed by atoms with Crippen molar-refractivity contribution < 1.29 is 19.8 Å². The molecule has 0 fully saturated rings. The normalized spacial score (nSPS) is 18.9. The van der Waals surface area contributed by atoms with E-state index in [9.17, 15) is 14.7 Å². The van der Waals surface area contributed by atoms with E-state index >= 15 is 0 Å². The van der Waals surface area contributed by atoms with Gasteiger partial charge in [-0.25, -0.2) is 9.78 Å². The number of fused-ring (bicyclic) bond motifs is 2. The van der Waals surface area contributed by atoms with Crippen molar-refractivity contribution in [3.05, 3.63) is 59.2 Å². The first-order valence-electron chi connectivity index (χ1n) is 7.51. The predicted molar refractivity (Wildman–Crippen MR) is 89.4 cm³/mol. The molecule has 1 aliphatic heterocycles. The molecule has 3 aromatic rings. The second kappa shape index (κ2) is 5.05. The van der Waals surface area contributed by atoms with Crippen LogP contribution in [-0.2, 0) is 5.72 Å². The maximum atomic E-state index is 12.1. The average molecular weight is 338 g/mol. The zero-order chi connectivity index (χ0) is 17.8. The molecule has 0 aliphatic carbocycles. The van der Waals surface area contributed by atoms with Gasteiger partial charge in [0, 0.05) is 23.7 Å². The van der Waals surface area contributed by atoms with Gasteiger partial charge in [0.05, 0.1) is 11.0 Å². The summed E-state index contributed by atoms with van der Waals surface area (Å²) in [6.45, 7) is 0. The Kier molecular flexibility index (Phi) is 3.06. The summed E-state index contributed by atoms with van der Waals surface area (Å²) in [5, 5.41) is 22.7. The summed E-state index contributed by atoms with van der Waals surface area (Å²) in [6, 6.07) is 11.8. The largest absolute Gasteiger partial charge is 0.465 e. The molecule has 0 saturated carbocycles. The number of rotatable bonds is 2. The summed E-state index contributed by atoms with van der Waals surface area (Å²) < 4.78 is 0. The second-order valence-corrected chi connectivity index (χ2v) is 5.84. The number of amides is 2. The number of hydrogen-bond donors (Lipinski definition) is 4. The van der Waals surface area contributed by atoms with Gasteiger partial charge in [0.2, 0.25) is 5.95 Å². The third-order valence-corrected chi connectivity index (χ3v) is 4.35. The number of hydrogen-bond acceptors (Lipinski definition) is 4. The predicted octanol–water partition coefficient (Wildman–Crippen LogP) is 1.61. The lowest BCUT2D eigenvalue weighted by atomic mass is 9.94. The van der Waals surface area contributed by atoms with Crippen LogP contribution >= 0.6 is 0 Å². The van der Waals surface area contributed by atoms with Crippen molar-refractivity contribution in [1.82, 2.24) is 15.3 Å². The van der Waals surface area contributed by atoms with E-state index in [0.717, 1.165) is 4.90 Å². The van der Waals surface area contributed by atoms with Crippen LogP contribution in [0.2, 0.25) is 0 Å². The van der Waals surface area contributed by atoms with Gasteiger partial charge in [0.15, 0.2) is 5.72 Å². The van der Waals surface area contributed by atoms with E-state index in [1.807, 2.05) is 0 Å². The number of nitrogens with zero attached hydrogens (tertiary/aromatic N) is 2. The van der Waals surface area contributed by atoms with Crippen molar-refractivity contribution in [3.63, 3.8) is 0 Å². The van der Waals surface area contributed by atoms with Gasteiger partial charge in [-0.1, -0.05) is 24.3 Å². The van der Waals surface area contributed by atoms with Crippen molar-refractivity contribution in [2.45, 2.75) is 5.72 Å². The fraction of sp³-hybridized carbons (Fsp3) is 0.118. The molecule has 0 radical (unpaired) electrons. The van der Waals surface area contributed by atoms with Crippen LogP contribution in [0, 0.1) is 0 Å². The number of benzene rings is 2. The van der Waals surface area contributed by atoms with E-state index in [-0.39, 0.29) is 11.9 Å². The lowest BCUT2D eigenvalue weighted by Gasteiger charge is -2.24. The molecule has 1 unspecified atom stereocenters. The van der Waals surface area contributed by atoms with Crippen LogP contribution in [-0.4, -0.2) is 39.2 Å². The van der Waals surface area contributed by atoms with Crippen molar-refractivity contribution in [2.75, 3.05) is 11.9 Å². The minimum absolute atomic E-state index is 0.169. The van der Waals surface area contributed by atoms with E-state index in [1.165, 1.54) is 7.05 Å². The van der Waals surface area contributed by atoms with E-state index in [1.54, 1.807) is 42.5 Å². The first kappa shape index (κ1) is 15.2. The molecular weight excluding hydrogens is 324 g/mol. The lowest BCUT2D eigenvalue weighted by molar-refractivity contribution is 0.0477. The highest BCUT2D eigenvalue weighted by atomic mass is 16.4. The highest BCUT2D eigenvalue weighted by Crippen LogP contribution is 2.35. The van der Waals surface area contributed by atoms with E-state index < -0.39 is 11.8 Å². The fourth-order valence-electron chi connectivity index (χ4n) is 2.99. The van der Waals surface area contributed by atoms with Crippen molar-refractivity contribution >= 4 is 29.0 Å². The quantitative estimate of drug-likeness (QED) is 0.566. The Labute approximate surface area is 141 Å². The number of carbonyl (C=O) groups is 2. The molecule has 1 aromatic heterocycles. The highest BCUT2D eigenvalue weighted by molar-refractivity contribution is 6.00. The minimum Gasteiger partial charge on any atom is -0.465 e. The minimum atomic E-state index is -1.65. The Morgan fingerprint density at radius 3 is 2.76 bits per heavy atom. The zero-order valence-corrected chi connectivity index (χ0v) is 13.1. The van der Waals surface area contributed by atoms with Crippen LogP contribution in [0.5, 0.6) is 0 Å². The van der Waals surface area contributed by atoms with Crippen LogP contribution in [0.1, 0.15) is 21.5 Å². The first-order valence-corrected chi connectivity index (χ1v) is 7.51. The summed E-state index contributed by atoms with van der Waals surface area (Å²) in [5.74, 6) is -0.184. The lowest BCUT2D eigenvalue weighted by Crippen LogP contribution is -2.40. The molecule has 1 atom stereocenters. The standard InChI is InChI=1S/C17H14N4O4/c1-21(16(23)24)15-18-12-7-6-9(8-13(12)19-15)17(25)11-5-3-2-4-10(11)14(22)20-17/h2-8,25H,1H3,(H,18,19)(H,20,22)(H,23,24). The number of nitrogens with one attached hydrogen (secondary N) is 2. The third kappa shape index (κ3) is 2.15. The van der Waals surface area contributed by atoms with Gasteiger partial charge in [-0.05, 0) is 18.2 Å². The zero-order valence-electron chi connectivity index (χ0n) is 13.1. The molecule has 8 heteroatoms. The van der Waals surface area contributed by atoms with Gasteiger partial charge < -0.3 is 20.5 Å². The molecule has 2 amide bonds. The highest BCUT2D eigenvalue weighted by Gasteiger charge is 2.42. The van der Waals surface area contributed by atoms with Gasteiger partial charge in [0.1, 0.15) is 0 Å². The van der Waals surface area contributed by atoms with Crippen LogP contribution in [0.15, 0.2) is 42.5 Å². The fourth-order valence-corrected chi connectivity index (χ4v) is 2.99. The molecule has 4 N–H and O–H groups in total. The third-order valence-electron chi connectivity index (χ3n) is 4.35. The first-order chi connectivity index (χ1) is 11.9. The Hall–Kier alpha value is -3.39. The monoisotopic (exact) mass is 338 g/mol. The molecule has 4 rings (SSSR count). The Bertz CT molecular complexity index is 1030. The Balaban J connectivity index is 1.83. The smallest absolute Gasteiger partial charge is 0.413 e. The molecule has 0 spiro atoms. The number of aromatic nitrogens is 2. The molecular formula is C17H14N4O4. The molecule has 0 bridgehead atoms. The van der Waals surface area contributed by atoms with Gasteiger partial charge in [-0.3, -0.25) is 9.69 Å². The molecule has 2 heterocycles. The average Bonchev–Trinajstić information content (AvgIpc) is 3.14. The Morgan fingerprint density at radius 2 is 2.00 bits per heavy atom. The van der Waals surface area contributed by atoms with Crippen LogP contribution in [0.3, 0.4) is 0 Å². The summed E-state index contributed by atoms with van der Waals surface area (Å²) >= 11 is 0. The van der Waals surface area contributed by atoms with Crippen LogP contribution < -0.4 is 10.2 Å². The number of imidazole rings is 1. The summed E-state index contributed by atoms with van der Waals surface area (Å²) in [4.78, 5) is 31.2. The number of aliphatic hydroxyl groups is 1. The second-order valence-electron chi connectivity index (χ2n) is 5.84. The number of anilines is 1. The van der Waals surface area contributed by atoms with Crippen molar-refractivity contribution in [3.8, 4) is 0 Å². The van der Waals surface area contributed by atoms with Crippen LogP contribution in [0.25, 0.3) is 11.0 Å². The van der Waals surface area contributed by atoms with E-state index in [0.29, 0.717) is 27.7 Å². The number of H-pyrrole nitrogens is 1. The van der Waals surface area contributed by atoms with Crippen LogP contribution in [0.4, 0.5) is 10.7 Å². The summed E-state index contributed by atoms with van der Waals surface area (Å²) in [7, 11) is 1.38. The van der Waals surface area contributed by atoms with Gasteiger partial charge in [-0.15, -0.1) is 0 Å². The number of aromatic amines is 1. The maximum absolute atomic E-state index is 12.1. The van der Waals surface area contributed by atoms with Gasteiger partial charge >= 0.3 is 6.09 Å². The van der Waals surface area contributed by atoms with Crippen molar-refractivity contribution in [2.24, 2.45) is 0 Å². The number of carbonyl (C=O) groups excluding carboxylic acids is 1. The molecule has 1 aliphatic rings. The van der Waals surface area contributed by atoms with Gasteiger partial charge in [0.25, 0.3) is 5.91 Å². The Morgan fingerprint density at radius 1 is 1.24 bits per heavy atom. The summed E-state index contributed by atoms with van der Waals surface area (Å²) in [5.41, 5.74) is 0.793. The molecule has 25 heavy (non-hydrogen) atoms. The number of carboxylic acid groups (broad SMARTS) is 1. The molecule has 0 saturated heterocycles.